The number of carbonyl (C=O) groups excluding carboxylic acids is 5. The van der Waals surface area contributed by atoms with Crippen LogP contribution in [0.15, 0.2) is 213 Å². The molecule has 3 atom stereocenters. The first-order chi connectivity index (χ1) is 52.7. The third-order valence-electron chi connectivity index (χ3n) is 22.8. The zero-order chi connectivity index (χ0) is 74.1. The van der Waals surface area contributed by atoms with Crippen molar-refractivity contribution in [1.82, 2.24) is 52.7 Å². The number of aromatic nitrogens is 7. The molecular weight excluding hydrogens is 1350 g/mol. The number of ether oxygens (including phenoxy) is 1. The van der Waals surface area contributed by atoms with E-state index in [0.29, 0.717) is 49.6 Å². The molecule has 6 aromatic carbocycles. The van der Waals surface area contributed by atoms with Crippen LogP contribution in [0.25, 0.3) is 61.6 Å². The Bertz CT molecular complexity index is 5540. The molecule has 4 aliphatic heterocycles. The largest absolute Gasteiger partial charge is 0.378 e. The van der Waals surface area contributed by atoms with Crippen LogP contribution < -0.4 is 15.5 Å². The predicted molar refractivity (Wildman–Crippen MR) is 425 cm³/mol. The molecule has 3 fully saturated rings. The number of anilines is 3. The number of hydrogen-bond acceptors (Lipinski definition) is 12. The van der Waals surface area contributed by atoms with Gasteiger partial charge in [-0.1, -0.05) is 80.6 Å². The van der Waals surface area contributed by atoms with Crippen molar-refractivity contribution in [3.63, 3.8) is 0 Å². The van der Waals surface area contributed by atoms with Crippen molar-refractivity contribution in [1.29, 1.82) is 0 Å². The lowest BCUT2D eigenvalue weighted by Crippen LogP contribution is -2.51. The smallest absolute Gasteiger partial charge is 0.253 e. The van der Waals surface area contributed by atoms with Crippen LogP contribution in [0.3, 0.4) is 0 Å². The number of fused-ring (bicyclic) bond motifs is 6. The number of amides is 3. The van der Waals surface area contributed by atoms with Gasteiger partial charge in [0, 0.05) is 191 Å². The summed E-state index contributed by atoms with van der Waals surface area (Å²) in [5.41, 5.74) is 23.4. The third kappa shape index (κ3) is 14.3. The lowest BCUT2D eigenvalue weighted by Gasteiger charge is -2.37. The van der Waals surface area contributed by atoms with Gasteiger partial charge in [-0.05, 0) is 187 Å². The first kappa shape index (κ1) is 70.5. The van der Waals surface area contributed by atoms with Crippen molar-refractivity contribution in [2.45, 2.75) is 78.8 Å². The summed E-state index contributed by atoms with van der Waals surface area (Å²) >= 11 is 0. The van der Waals surface area contributed by atoms with Crippen LogP contribution in [0.2, 0.25) is 0 Å². The van der Waals surface area contributed by atoms with E-state index in [2.05, 4.69) is 168 Å². The molecule has 3 unspecified atom stereocenters. The second kappa shape index (κ2) is 30.6. The van der Waals surface area contributed by atoms with Crippen LogP contribution in [0.1, 0.15) is 122 Å². The van der Waals surface area contributed by atoms with Crippen molar-refractivity contribution in [2.75, 3.05) is 75.8 Å². The number of benzene rings is 6. The minimum atomic E-state index is -0.0178. The molecule has 19 heteroatoms. The molecule has 1 aliphatic carbocycles. The van der Waals surface area contributed by atoms with Gasteiger partial charge in [-0.15, -0.1) is 0 Å². The number of nitrogens with zero attached hydrogens (tertiary/aromatic N) is 11. The zero-order valence-corrected chi connectivity index (χ0v) is 61.8. The topological polar surface area (TPSA) is 188 Å². The monoisotopic (exact) mass is 1440 g/mol. The molecule has 3 saturated heterocycles. The number of piperazine rings is 1. The number of morpholine rings is 1. The number of Topliss-reactive ketones (excluding diaryl/α,β-unsaturated/α-hetero) is 2. The van der Waals surface area contributed by atoms with Gasteiger partial charge >= 0.3 is 0 Å². The van der Waals surface area contributed by atoms with E-state index in [9.17, 15) is 24.0 Å². The molecule has 0 bridgehead atoms. The Kier molecular flexibility index (Phi) is 20.0. The van der Waals surface area contributed by atoms with E-state index < -0.39 is 0 Å². The number of carbonyl (C=O) groups is 5. The van der Waals surface area contributed by atoms with Gasteiger partial charge in [0.15, 0.2) is 11.4 Å². The molecule has 3 amide bonds. The Balaban J connectivity index is 0.000000124. The van der Waals surface area contributed by atoms with E-state index in [-0.39, 0.29) is 41.1 Å². The number of imidazole rings is 3. The quantitative estimate of drug-likeness (QED) is 0.0933. The molecule has 19 nitrogen and oxygen atoms in total. The van der Waals surface area contributed by atoms with Gasteiger partial charge in [-0.25, -0.2) is 15.0 Å². The number of likely N-dealkylation sites (tertiary alicyclic amines) is 1. The Morgan fingerprint density at radius 3 is 1.83 bits per heavy atom. The normalized spacial score (nSPS) is 16.3. The van der Waals surface area contributed by atoms with Crippen molar-refractivity contribution in [3.05, 3.63) is 269 Å². The number of aryl methyl sites for hydroxylation is 2. The fourth-order valence-corrected chi connectivity index (χ4v) is 16.2. The summed E-state index contributed by atoms with van der Waals surface area (Å²) < 4.78 is 14.0. The highest BCUT2D eigenvalue weighted by Gasteiger charge is 2.33. The van der Waals surface area contributed by atoms with Crippen LogP contribution in [-0.4, -0.2) is 148 Å². The summed E-state index contributed by atoms with van der Waals surface area (Å²) in [5.74, 6) is 0.766. The lowest BCUT2D eigenvalue weighted by atomic mass is 9.90. The molecule has 546 valence electrons. The van der Waals surface area contributed by atoms with E-state index in [1.165, 1.54) is 39.0 Å². The fraction of sp³-hybridized carbons (Fsp3) is 0.281. The number of ketones is 2. The molecule has 0 radical (unpaired) electrons. The van der Waals surface area contributed by atoms with E-state index in [1.807, 2.05) is 125 Å². The average Bonchev–Trinajstić information content (AvgIpc) is 1.61. The highest BCUT2D eigenvalue weighted by molar-refractivity contribution is 6.01. The van der Waals surface area contributed by atoms with E-state index in [0.717, 1.165) is 162 Å². The molecule has 2 N–H and O–H groups in total. The van der Waals surface area contributed by atoms with Gasteiger partial charge in [0.2, 0.25) is 0 Å². The van der Waals surface area contributed by atoms with Gasteiger partial charge in [0.25, 0.3) is 17.7 Å². The Labute approximate surface area is 628 Å². The molecule has 5 aliphatic rings. The average molecular weight is 1440 g/mol. The number of hydrogen-bond donors (Lipinski definition) is 2. The van der Waals surface area contributed by atoms with Crippen LogP contribution in [0.4, 0.5) is 17.1 Å². The summed E-state index contributed by atoms with van der Waals surface area (Å²) in [4.78, 5) is 84.5. The predicted octanol–water partition coefficient (Wildman–Crippen LogP) is 14.9. The van der Waals surface area contributed by atoms with Gasteiger partial charge in [-0.2, -0.15) is 0 Å². The maximum atomic E-state index is 13.1. The Morgan fingerprint density at radius 1 is 0.574 bits per heavy atom. The number of pyridine rings is 3. The third-order valence-corrected chi connectivity index (χ3v) is 22.8. The molecular formula is C89H89N13O6. The maximum absolute atomic E-state index is 13.1. The Hall–Kier alpha value is -11.8. The van der Waals surface area contributed by atoms with Crippen LogP contribution in [0, 0.1) is 11.8 Å². The van der Waals surface area contributed by atoms with Crippen molar-refractivity contribution in [3.8, 4) is 33.8 Å². The molecule has 11 heterocycles. The lowest BCUT2D eigenvalue weighted by molar-refractivity contribution is -0.121. The molecule has 0 saturated carbocycles. The summed E-state index contributed by atoms with van der Waals surface area (Å²) in [7, 11) is 2.09. The van der Waals surface area contributed by atoms with Crippen molar-refractivity contribution >= 4 is 74.2 Å². The number of rotatable bonds is 16. The van der Waals surface area contributed by atoms with E-state index in [4.69, 9.17) is 9.72 Å². The first-order valence-corrected chi connectivity index (χ1v) is 37.9. The van der Waals surface area contributed by atoms with Gasteiger partial charge in [-0.3, -0.25) is 42.1 Å². The standard InChI is InChI=1S/C32H31N3O3.C30H32N6O2.C27H26N4O/c1-20(21(2)36)27-13-15-34(19-27)32(38)23-5-3-22(4-6-23)17-26-8-11-29(35-16-14-33-31(26)35)25-7-10-28-24(18-25)9-12-30(28)37;1-3-20(2)34-14-16-35(17-15-34)30(38)21-4-7-24(8-5-21)33-26-10-11-27(36-13-12-31-28(26)36)22-6-9-25-23(18-22)19-32-29(25)37;1-29-13-11-24-23(3-2-4-25(24)29)26-10-7-21(27-28-12-14-31(26)27)19-20-5-8-22(9-6-20)30-15-17-32-18-16-30/h3-8,10-11,14,16,18,20,27H,9,12-13,15,17,19H2,1-2H3;4-13,18,20,33H,3,14-17,19H2,1-2H3,(H,32,37);2-14H,15-19H2,1H3. The minimum absolute atomic E-state index is 0.00652. The molecule has 7 aromatic heterocycles. The summed E-state index contributed by atoms with van der Waals surface area (Å²) in [6.45, 7) is 16.9. The summed E-state index contributed by atoms with van der Waals surface area (Å²) in [6.07, 6.45) is 18.6. The molecule has 0 spiro atoms. The van der Waals surface area contributed by atoms with Crippen LogP contribution in [-0.2, 0) is 42.4 Å². The number of nitrogens with one attached hydrogen (secondary N) is 2. The molecule has 13 aromatic rings. The van der Waals surface area contributed by atoms with Crippen molar-refractivity contribution < 1.29 is 28.7 Å². The maximum Gasteiger partial charge on any atom is 0.253 e. The fourth-order valence-electron chi connectivity index (χ4n) is 16.2. The second-order valence-corrected chi connectivity index (χ2v) is 29.3. The molecule has 18 rings (SSSR count). The second-order valence-electron chi connectivity index (χ2n) is 29.3. The zero-order valence-electron chi connectivity index (χ0n) is 61.8. The molecule has 108 heavy (non-hydrogen) atoms. The van der Waals surface area contributed by atoms with Gasteiger partial charge in [0.1, 0.15) is 17.1 Å². The van der Waals surface area contributed by atoms with Crippen molar-refractivity contribution in [2.24, 2.45) is 18.9 Å². The highest BCUT2D eigenvalue weighted by Crippen LogP contribution is 2.36. The van der Waals surface area contributed by atoms with E-state index >= 15 is 0 Å². The highest BCUT2D eigenvalue weighted by atomic mass is 16.5. The van der Waals surface area contributed by atoms with Gasteiger partial charge < -0.3 is 34.6 Å². The first-order valence-electron chi connectivity index (χ1n) is 37.9. The SMILES string of the molecule is CC(=O)C(C)C1CCN(C(=O)c2ccc(Cc3ccc(-c4ccc5c(c4)CCC5=O)n4ccnc34)cc2)C1.CCC(C)N1CCN(C(=O)c2ccc(Nc3ccc(-c4ccc5c(c4)CNC5=O)n4ccnc34)cc2)CC1.Cn1ccc2c(-c3ccc(Cc4ccc(N5CCOCC5)cc4)c4nccn34)cccc21. The summed E-state index contributed by atoms with van der Waals surface area (Å²) in [5, 5.41) is 7.60. The van der Waals surface area contributed by atoms with Crippen LogP contribution >= 0.6 is 0 Å². The van der Waals surface area contributed by atoms with Gasteiger partial charge in [0.05, 0.1) is 36.0 Å². The van der Waals surface area contributed by atoms with Crippen LogP contribution in [0.5, 0.6) is 0 Å². The Morgan fingerprint density at radius 2 is 1.17 bits per heavy atom. The van der Waals surface area contributed by atoms with E-state index in [1.54, 1.807) is 13.1 Å². The summed E-state index contributed by atoms with van der Waals surface area (Å²) in [6, 6.07) is 58.5. The minimum Gasteiger partial charge on any atom is -0.378 e.